The van der Waals surface area contributed by atoms with E-state index in [0.717, 1.165) is 0 Å². The zero-order chi connectivity index (χ0) is 16.2. The molecule has 0 saturated heterocycles. The molecular formula is H6N6O12. The van der Waals surface area contributed by atoms with Gasteiger partial charge >= 0.3 is 0 Å². The quantitative estimate of drug-likeness (QED) is 0.266. The maximum atomic E-state index is 8.11. The lowest BCUT2D eigenvalue weighted by Gasteiger charge is -1.32. The van der Waals surface area contributed by atoms with Crippen LogP contribution < -0.4 is 0 Å². The minimum Gasteiger partial charge on any atom is -0.379 e. The highest BCUT2D eigenvalue weighted by Crippen LogP contribution is 1.26. The van der Waals surface area contributed by atoms with Crippen molar-refractivity contribution in [1.29, 1.82) is 0 Å². The molecule has 18 nitrogen and oxygen atoms in total. The van der Waals surface area contributed by atoms with E-state index in [1.54, 1.807) is 0 Å². The highest BCUT2D eigenvalue weighted by Gasteiger charge is 1.20. The first kappa shape index (κ1) is 36.6. The Hall–Kier alpha value is -3.60. The molecule has 0 fully saturated rings. The summed E-state index contributed by atoms with van der Waals surface area (Å²) in [5.41, 5.74) is 0. The summed E-state index contributed by atoms with van der Waals surface area (Å²) in [6.07, 6.45) is 0. The molecule has 0 bridgehead atoms. The first-order valence-electron chi connectivity index (χ1n) is 2.30. The van der Waals surface area contributed by atoms with Crippen LogP contribution in [0.3, 0.4) is 0 Å². The van der Waals surface area contributed by atoms with E-state index in [1.165, 1.54) is 32.0 Å². The van der Waals surface area contributed by atoms with Gasteiger partial charge in [0, 0.05) is 0 Å². The molecule has 0 saturated carbocycles. The summed E-state index contributed by atoms with van der Waals surface area (Å²) in [4.78, 5) is 48.7. The SMILES string of the molecule is O=NO.O=NO.O=NO.O=NO.O=NO.O=NO. The van der Waals surface area contributed by atoms with E-state index in [9.17, 15) is 0 Å². The first-order chi connectivity index (χ1) is 8.49. The largest absolute Gasteiger partial charge is 0.379 e. The lowest BCUT2D eigenvalue weighted by Crippen LogP contribution is -1.25. The Kier molecular flexibility index (Phi) is 728. The van der Waals surface area contributed by atoms with Crippen molar-refractivity contribution < 1.29 is 31.2 Å². The van der Waals surface area contributed by atoms with Crippen molar-refractivity contribution in [2.45, 2.75) is 0 Å². The number of rotatable bonds is 0. The van der Waals surface area contributed by atoms with Crippen molar-refractivity contribution in [3.8, 4) is 0 Å². The molecule has 0 aliphatic carbocycles. The molecule has 0 atom stereocenters. The molecule has 18 heavy (non-hydrogen) atoms. The summed E-state index contributed by atoms with van der Waals surface area (Å²) in [6.45, 7) is 0. The summed E-state index contributed by atoms with van der Waals surface area (Å²) >= 11 is 0. The van der Waals surface area contributed by atoms with Gasteiger partial charge in [0.1, 0.15) is 0 Å². The second-order valence-electron chi connectivity index (χ2n) is 0.490. The normalized spacial score (nSPS) is 4.00. The molecule has 0 aliphatic heterocycles. The van der Waals surface area contributed by atoms with Crippen LogP contribution in [0.2, 0.25) is 0 Å². The zero-order valence-electron chi connectivity index (χ0n) is 7.82. The molecule has 0 unspecified atom stereocenters. The Balaban J connectivity index is -0.0000000240. The molecule has 0 amide bonds. The van der Waals surface area contributed by atoms with Crippen LogP contribution in [0, 0.1) is 29.4 Å². The van der Waals surface area contributed by atoms with Crippen molar-refractivity contribution in [1.82, 2.24) is 0 Å². The van der Waals surface area contributed by atoms with Gasteiger partial charge < -0.3 is 31.2 Å². The predicted octanol–water partition coefficient (Wildman–Crippen LogP) is 0.852. The Morgan fingerprint density at radius 3 is 0.333 bits per heavy atom. The number of hydrogen-bond donors (Lipinski definition) is 6. The van der Waals surface area contributed by atoms with Crippen molar-refractivity contribution in [2.24, 2.45) is 32.0 Å². The summed E-state index contributed by atoms with van der Waals surface area (Å²) in [5, 5.41) is 47.3. The van der Waals surface area contributed by atoms with E-state index in [2.05, 4.69) is 0 Å². The van der Waals surface area contributed by atoms with E-state index in [1.807, 2.05) is 0 Å². The number of nitrogens with zero attached hydrogens (tertiary/aromatic N) is 6. The van der Waals surface area contributed by atoms with Crippen molar-refractivity contribution in [3.63, 3.8) is 0 Å². The number of hydrogen-bond acceptors (Lipinski definition) is 12. The van der Waals surface area contributed by atoms with Crippen LogP contribution in [-0.2, 0) is 0 Å². The molecule has 0 aliphatic rings. The van der Waals surface area contributed by atoms with Crippen LogP contribution in [0.15, 0.2) is 32.0 Å². The third-order valence-corrected chi connectivity index (χ3v) is 0. The van der Waals surface area contributed by atoms with Gasteiger partial charge in [-0.15, -0.1) is 29.4 Å². The molecule has 0 aromatic heterocycles. The smallest absolute Gasteiger partial charge is 0.152 e. The second-order valence-corrected chi connectivity index (χ2v) is 0.490. The molecule has 0 aromatic carbocycles. The Morgan fingerprint density at radius 2 is 0.333 bits per heavy atom. The average molecular weight is 282 g/mol. The molecule has 108 valence electrons. The van der Waals surface area contributed by atoms with Gasteiger partial charge in [0.25, 0.3) is 0 Å². The second kappa shape index (κ2) is 358. The maximum Gasteiger partial charge on any atom is 0.152 e. The molecule has 18 heteroatoms. The summed E-state index contributed by atoms with van der Waals surface area (Å²) in [7, 11) is 0. The minimum absolute atomic E-state index is 1.25. The Labute approximate surface area is 94.1 Å². The van der Waals surface area contributed by atoms with Gasteiger partial charge in [-0.25, -0.2) is 0 Å². The van der Waals surface area contributed by atoms with E-state index >= 15 is 0 Å². The maximum absolute atomic E-state index is 8.11. The van der Waals surface area contributed by atoms with Crippen LogP contribution >= 0.6 is 0 Å². The topological polar surface area (TPSA) is 298 Å². The predicted molar refractivity (Wildman–Crippen MR) is 45.5 cm³/mol. The lowest BCUT2D eigenvalue weighted by molar-refractivity contribution is 0.312. The standard InChI is InChI=1S/6HNO2/c6*2-1-3/h6*(H,2,3). The molecule has 0 heterocycles. The fourth-order valence-corrected chi connectivity index (χ4v) is 0. The van der Waals surface area contributed by atoms with Crippen LogP contribution in [0.5, 0.6) is 0 Å². The van der Waals surface area contributed by atoms with Crippen LogP contribution in [0.25, 0.3) is 0 Å². The van der Waals surface area contributed by atoms with E-state index in [4.69, 9.17) is 60.7 Å². The minimum atomic E-state index is 1.25. The average Bonchev–Trinajstić information content (AvgIpc) is 2.23. The molecule has 0 radical (unpaired) electrons. The Bertz CT molecular complexity index is 108. The zero-order valence-corrected chi connectivity index (χ0v) is 7.82. The third-order valence-electron chi connectivity index (χ3n) is 0. The molecule has 6 N–H and O–H groups in total. The van der Waals surface area contributed by atoms with Gasteiger partial charge in [0.15, 0.2) is 32.0 Å². The van der Waals surface area contributed by atoms with Gasteiger partial charge in [0.05, 0.1) is 0 Å². The summed E-state index contributed by atoms with van der Waals surface area (Å²) < 4.78 is 0. The van der Waals surface area contributed by atoms with Crippen LogP contribution in [-0.4, -0.2) is 31.2 Å². The van der Waals surface area contributed by atoms with Crippen molar-refractivity contribution in [2.75, 3.05) is 0 Å². The van der Waals surface area contributed by atoms with E-state index in [-0.39, 0.29) is 0 Å². The highest BCUT2D eigenvalue weighted by atomic mass is 16.6. The fourth-order valence-electron chi connectivity index (χ4n) is 0. The van der Waals surface area contributed by atoms with E-state index in [0.29, 0.717) is 0 Å². The van der Waals surface area contributed by atoms with Gasteiger partial charge in [0.2, 0.25) is 0 Å². The van der Waals surface area contributed by atoms with Crippen molar-refractivity contribution in [3.05, 3.63) is 29.4 Å². The van der Waals surface area contributed by atoms with Crippen LogP contribution in [0.1, 0.15) is 0 Å². The molecule has 0 aromatic rings. The lowest BCUT2D eigenvalue weighted by atomic mass is 13.4. The van der Waals surface area contributed by atoms with Crippen molar-refractivity contribution >= 4 is 0 Å². The monoisotopic (exact) mass is 282 g/mol. The molecule has 0 rings (SSSR count). The van der Waals surface area contributed by atoms with Gasteiger partial charge in [-0.05, 0) is 0 Å². The van der Waals surface area contributed by atoms with Gasteiger partial charge in [-0.3, -0.25) is 0 Å². The Morgan fingerprint density at radius 1 is 0.333 bits per heavy atom. The third kappa shape index (κ3) is 124. The molecule has 0 spiro atoms. The van der Waals surface area contributed by atoms with Gasteiger partial charge in [-0.1, -0.05) is 0 Å². The fraction of sp³-hybridized carbons (Fsp3) is 0. The van der Waals surface area contributed by atoms with E-state index < -0.39 is 0 Å². The van der Waals surface area contributed by atoms with Crippen LogP contribution in [0.4, 0.5) is 0 Å². The summed E-state index contributed by atoms with van der Waals surface area (Å²) in [5.74, 6) is 0. The van der Waals surface area contributed by atoms with Gasteiger partial charge in [-0.2, -0.15) is 0 Å². The highest BCUT2D eigenvalue weighted by molar-refractivity contribution is 3.85. The molecular weight excluding hydrogens is 276 g/mol. The summed E-state index contributed by atoms with van der Waals surface area (Å²) in [6, 6.07) is 0. The first-order valence-corrected chi connectivity index (χ1v) is 2.30.